The van der Waals surface area contributed by atoms with Crippen LogP contribution in [-0.4, -0.2) is 84.6 Å². The van der Waals surface area contributed by atoms with Gasteiger partial charge in [0.2, 0.25) is 0 Å². The molecule has 55 heavy (non-hydrogen) atoms. The fraction of sp³-hybridized carbons (Fsp3) is 0.634. The van der Waals surface area contributed by atoms with Gasteiger partial charge in [-0.05, 0) is 90.7 Å². The van der Waals surface area contributed by atoms with Crippen molar-refractivity contribution in [2.45, 2.75) is 103 Å². The van der Waals surface area contributed by atoms with E-state index in [0.717, 1.165) is 78.7 Å². The summed E-state index contributed by atoms with van der Waals surface area (Å²) in [5.74, 6) is 4.00. The molecule has 0 radical (unpaired) electrons. The van der Waals surface area contributed by atoms with E-state index in [0.29, 0.717) is 28.8 Å². The van der Waals surface area contributed by atoms with Crippen molar-refractivity contribution in [2.75, 3.05) is 37.7 Å². The Hall–Kier alpha value is -3.49. The molecule has 300 valence electrons. The number of imidazole rings is 2. The lowest BCUT2D eigenvalue weighted by atomic mass is 9.92. The standard InChI is InChI=1S/C21H30N4O3S.C20H29N3O2S/c1-21(2,3)9-19-23-17-8-16(6-7-18(17)25(19)12-14-4-5-14)29(27,28)13-15-10-24(11-15)20(22)26;1-20(2,3)9-19-22-17-8-16(26(24,25)13-15-10-21-11-15)6-7-18(17)23(19)12-14-4-5-14/h6-8,14-15H,4-5,9-13H2,1-3H3,(H2,22,26);6-8,14-15,21H,4-5,9-13H2,1-3H3. The fourth-order valence-corrected chi connectivity index (χ4v) is 10.8. The van der Waals surface area contributed by atoms with Crippen LogP contribution in [0.2, 0.25) is 0 Å². The lowest BCUT2D eigenvalue weighted by Gasteiger charge is -2.37. The Morgan fingerprint density at radius 1 is 0.691 bits per heavy atom. The number of urea groups is 1. The van der Waals surface area contributed by atoms with E-state index in [2.05, 4.69) is 56.0 Å². The van der Waals surface area contributed by atoms with Crippen molar-refractivity contribution in [2.24, 2.45) is 40.2 Å². The van der Waals surface area contributed by atoms with Crippen LogP contribution < -0.4 is 11.1 Å². The highest BCUT2D eigenvalue weighted by atomic mass is 32.2. The largest absolute Gasteiger partial charge is 0.351 e. The molecular formula is C41H59N7O5S2. The summed E-state index contributed by atoms with van der Waals surface area (Å²) in [6.45, 7) is 17.6. The first-order valence-corrected chi connectivity index (χ1v) is 23.2. The molecule has 8 rings (SSSR count). The van der Waals surface area contributed by atoms with Crippen LogP contribution in [0.4, 0.5) is 4.79 Å². The van der Waals surface area contributed by atoms with Crippen molar-refractivity contribution >= 4 is 47.8 Å². The number of nitrogens with two attached hydrogens (primary N) is 1. The van der Waals surface area contributed by atoms with Gasteiger partial charge in [0.1, 0.15) is 11.6 Å². The number of nitrogens with zero attached hydrogens (tertiary/aromatic N) is 5. The van der Waals surface area contributed by atoms with Crippen LogP contribution >= 0.6 is 0 Å². The number of benzene rings is 2. The van der Waals surface area contributed by atoms with Gasteiger partial charge in [-0.2, -0.15) is 0 Å². The van der Waals surface area contributed by atoms with E-state index in [4.69, 9.17) is 15.7 Å². The first kappa shape index (κ1) is 39.7. The molecule has 0 bridgehead atoms. The van der Waals surface area contributed by atoms with Crippen molar-refractivity contribution in [1.29, 1.82) is 0 Å². The third kappa shape index (κ3) is 9.73. The second-order valence-corrected chi connectivity index (χ2v) is 23.2. The average molecular weight is 794 g/mol. The molecule has 2 amide bonds. The highest BCUT2D eigenvalue weighted by Crippen LogP contribution is 2.36. The Labute approximate surface area is 326 Å². The Morgan fingerprint density at radius 2 is 1.11 bits per heavy atom. The number of likely N-dealkylation sites (tertiary alicyclic amines) is 1. The molecule has 2 aliphatic heterocycles. The number of fused-ring (bicyclic) bond motifs is 2. The summed E-state index contributed by atoms with van der Waals surface area (Å²) in [4.78, 5) is 23.0. The molecule has 4 aliphatic rings. The number of nitrogens with one attached hydrogen (secondary N) is 1. The van der Waals surface area contributed by atoms with Crippen LogP contribution in [-0.2, 0) is 45.6 Å². The maximum atomic E-state index is 12.9. The summed E-state index contributed by atoms with van der Waals surface area (Å²) < 4.78 is 55.8. The average Bonchev–Trinajstić information content (AvgIpc) is 3.97. The summed E-state index contributed by atoms with van der Waals surface area (Å²) in [7, 11) is -6.69. The fourth-order valence-electron chi connectivity index (χ4n) is 7.58. The van der Waals surface area contributed by atoms with Gasteiger partial charge in [0.15, 0.2) is 19.7 Å². The maximum Gasteiger partial charge on any atom is 0.314 e. The smallest absolute Gasteiger partial charge is 0.314 e. The number of amides is 2. The van der Waals surface area contributed by atoms with Crippen molar-refractivity contribution in [1.82, 2.24) is 29.3 Å². The molecule has 12 nitrogen and oxygen atoms in total. The molecule has 2 aromatic heterocycles. The number of carbonyl (C=O) groups excluding carboxylic acids is 1. The van der Waals surface area contributed by atoms with E-state index < -0.39 is 25.7 Å². The van der Waals surface area contributed by atoms with Gasteiger partial charge in [-0.25, -0.2) is 31.6 Å². The van der Waals surface area contributed by atoms with Crippen molar-refractivity contribution < 1.29 is 21.6 Å². The van der Waals surface area contributed by atoms with Gasteiger partial charge in [0.25, 0.3) is 0 Å². The van der Waals surface area contributed by atoms with Crippen LogP contribution in [0.15, 0.2) is 46.2 Å². The molecule has 0 unspecified atom stereocenters. The summed E-state index contributed by atoms with van der Waals surface area (Å²) in [5, 5.41) is 3.14. The van der Waals surface area contributed by atoms with Crippen molar-refractivity contribution in [3.63, 3.8) is 0 Å². The molecule has 2 saturated carbocycles. The van der Waals surface area contributed by atoms with Gasteiger partial charge in [0.05, 0.1) is 43.4 Å². The molecule has 0 atom stereocenters. The highest BCUT2D eigenvalue weighted by molar-refractivity contribution is 7.91. The van der Waals surface area contributed by atoms with E-state index in [1.807, 2.05) is 12.1 Å². The number of primary amides is 1. The number of rotatable bonds is 12. The minimum absolute atomic E-state index is 0.0277. The first-order valence-electron chi connectivity index (χ1n) is 19.9. The number of sulfone groups is 2. The minimum Gasteiger partial charge on any atom is -0.351 e. The van der Waals surface area contributed by atoms with E-state index in [-0.39, 0.29) is 34.2 Å². The molecule has 2 aliphatic carbocycles. The number of carbonyl (C=O) groups is 1. The third-order valence-corrected chi connectivity index (χ3v) is 14.8. The van der Waals surface area contributed by atoms with Crippen LogP contribution in [0.25, 0.3) is 22.1 Å². The van der Waals surface area contributed by atoms with Gasteiger partial charge >= 0.3 is 6.03 Å². The second kappa shape index (κ2) is 14.8. The molecule has 2 saturated heterocycles. The Morgan fingerprint density at radius 3 is 1.45 bits per heavy atom. The Kier molecular flexibility index (Phi) is 10.7. The molecule has 0 spiro atoms. The zero-order valence-electron chi connectivity index (χ0n) is 33.3. The van der Waals surface area contributed by atoms with E-state index >= 15 is 0 Å². The van der Waals surface area contributed by atoms with Crippen LogP contribution in [0.5, 0.6) is 0 Å². The van der Waals surface area contributed by atoms with Crippen molar-refractivity contribution in [3.05, 3.63) is 48.0 Å². The lowest BCUT2D eigenvalue weighted by molar-refractivity contribution is 0.138. The summed E-state index contributed by atoms with van der Waals surface area (Å²) in [6.07, 6.45) is 6.83. The Bertz CT molecular complexity index is 2280. The maximum absolute atomic E-state index is 12.9. The molecule has 4 aromatic rings. The predicted octanol–water partition coefficient (Wildman–Crippen LogP) is 5.85. The van der Waals surface area contributed by atoms with Crippen LogP contribution in [0.1, 0.15) is 78.9 Å². The first-order chi connectivity index (χ1) is 25.7. The quantitative estimate of drug-likeness (QED) is 0.181. The molecule has 4 fully saturated rings. The topological polar surface area (TPSA) is 162 Å². The van der Waals surface area contributed by atoms with E-state index in [1.54, 1.807) is 24.3 Å². The molecular weight excluding hydrogens is 735 g/mol. The van der Waals surface area contributed by atoms with E-state index in [9.17, 15) is 21.6 Å². The van der Waals surface area contributed by atoms with E-state index in [1.165, 1.54) is 30.6 Å². The number of hydrogen-bond donors (Lipinski definition) is 2. The zero-order chi connectivity index (χ0) is 39.5. The van der Waals surface area contributed by atoms with Gasteiger partial charge in [-0.3, -0.25) is 0 Å². The van der Waals surface area contributed by atoms with Crippen LogP contribution in [0.3, 0.4) is 0 Å². The normalized spacial score (nSPS) is 18.6. The summed E-state index contributed by atoms with van der Waals surface area (Å²) >= 11 is 0. The summed E-state index contributed by atoms with van der Waals surface area (Å²) in [6, 6.07) is 10.3. The lowest BCUT2D eigenvalue weighted by Crippen LogP contribution is -2.54. The number of hydrogen-bond acceptors (Lipinski definition) is 8. The molecule has 2 aromatic carbocycles. The minimum atomic E-state index is -3.44. The molecule has 4 heterocycles. The highest BCUT2D eigenvalue weighted by Gasteiger charge is 2.34. The van der Waals surface area contributed by atoms with Crippen molar-refractivity contribution in [3.8, 4) is 0 Å². The van der Waals surface area contributed by atoms with Crippen LogP contribution in [0, 0.1) is 34.5 Å². The second-order valence-electron chi connectivity index (χ2n) is 19.1. The van der Waals surface area contributed by atoms with Gasteiger partial charge in [-0.1, -0.05) is 41.5 Å². The monoisotopic (exact) mass is 793 g/mol. The zero-order valence-corrected chi connectivity index (χ0v) is 35.0. The van der Waals surface area contributed by atoms with Gasteiger partial charge < -0.3 is 25.1 Å². The SMILES string of the molecule is CC(C)(C)Cc1nc2cc(S(=O)(=O)CC3CN(C(N)=O)C3)ccc2n1CC1CC1.CC(C)(C)Cc1nc2cc(S(=O)(=O)CC3CNC3)ccc2n1CC1CC1. The molecule has 3 N–H and O–H groups in total. The number of aromatic nitrogens is 4. The van der Waals surface area contributed by atoms with Gasteiger partial charge in [0, 0.05) is 58.0 Å². The summed E-state index contributed by atoms with van der Waals surface area (Å²) in [5.41, 5.74) is 9.12. The van der Waals surface area contributed by atoms with Gasteiger partial charge in [-0.15, -0.1) is 0 Å². The predicted molar refractivity (Wildman–Crippen MR) is 216 cm³/mol. The third-order valence-electron chi connectivity index (χ3n) is 11.0. The molecule has 14 heteroatoms. The Balaban J connectivity index is 0.000000170.